The molecule has 1 aliphatic heterocycles. The molecule has 1 aliphatic rings. The van der Waals surface area contributed by atoms with Crippen LogP contribution in [0.25, 0.3) is 0 Å². The van der Waals surface area contributed by atoms with E-state index in [0.29, 0.717) is 16.6 Å². The number of aliphatic carboxylic acids is 1. The van der Waals surface area contributed by atoms with Crippen molar-refractivity contribution in [2.24, 2.45) is 5.92 Å². The quantitative estimate of drug-likeness (QED) is 0.760. The molecule has 1 aromatic carbocycles. The van der Waals surface area contributed by atoms with Gasteiger partial charge in [-0.3, -0.25) is 10.2 Å². The summed E-state index contributed by atoms with van der Waals surface area (Å²) in [6, 6.07) is 4.74. The topological polar surface area (TPSA) is 61.4 Å². The smallest absolute Gasteiger partial charge is 0.309 e. The summed E-state index contributed by atoms with van der Waals surface area (Å²) >= 11 is 11.8. The van der Waals surface area contributed by atoms with E-state index in [1.165, 1.54) is 0 Å². The average molecular weight is 261 g/mol. The monoisotopic (exact) mass is 260 g/mol. The Bertz CT molecular complexity index is 405. The second-order valence-corrected chi connectivity index (χ2v) is 4.52. The van der Waals surface area contributed by atoms with Gasteiger partial charge in [-0.1, -0.05) is 23.2 Å². The predicted octanol–water partition coefficient (Wildman–Crippen LogP) is 1.84. The molecular weight excluding hydrogens is 251 g/mol. The van der Waals surface area contributed by atoms with E-state index in [9.17, 15) is 4.79 Å². The van der Waals surface area contributed by atoms with E-state index in [0.717, 1.165) is 5.56 Å². The van der Waals surface area contributed by atoms with Crippen molar-refractivity contribution < 1.29 is 9.90 Å². The minimum atomic E-state index is -0.849. The molecule has 0 aromatic heterocycles. The molecule has 6 heteroatoms. The van der Waals surface area contributed by atoms with Gasteiger partial charge in [0.1, 0.15) is 0 Å². The van der Waals surface area contributed by atoms with Crippen molar-refractivity contribution in [3.05, 3.63) is 33.8 Å². The van der Waals surface area contributed by atoms with Gasteiger partial charge >= 0.3 is 5.97 Å². The maximum Gasteiger partial charge on any atom is 0.309 e. The Morgan fingerprint density at radius 2 is 1.94 bits per heavy atom. The van der Waals surface area contributed by atoms with E-state index in [1.54, 1.807) is 18.2 Å². The summed E-state index contributed by atoms with van der Waals surface area (Å²) in [5, 5.41) is 10.0. The highest BCUT2D eigenvalue weighted by atomic mass is 35.5. The first-order chi connectivity index (χ1) is 7.58. The van der Waals surface area contributed by atoms with Gasteiger partial charge < -0.3 is 5.11 Å². The van der Waals surface area contributed by atoms with E-state index in [1.807, 2.05) is 0 Å². The fourth-order valence-corrected chi connectivity index (χ4v) is 2.34. The van der Waals surface area contributed by atoms with Crippen molar-refractivity contribution in [3.8, 4) is 0 Å². The number of nitrogens with one attached hydrogen (secondary N) is 2. The van der Waals surface area contributed by atoms with Crippen LogP contribution in [0.15, 0.2) is 18.2 Å². The molecular formula is C10H10Cl2N2O2. The molecule has 0 saturated carbocycles. The Morgan fingerprint density at radius 1 is 1.31 bits per heavy atom. The minimum Gasteiger partial charge on any atom is -0.481 e. The molecule has 2 atom stereocenters. The van der Waals surface area contributed by atoms with E-state index in [4.69, 9.17) is 28.3 Å². The normalized spacial score (nSPS) is 24.6. The van der Waals surface area contributed by atoms with E-state index < -0.39 is 11.9 Å². The molecule has 3 N–H and O–H groups in total. The zero-order valence-corrected chi connectivity index (χ0v) is 9.72. The van der Waals surface area contributed by atoms with Crippen LogP contribution in [0.5, 0.6) is 0 Å². The van der Waals surface area contributed by atoms with Gasteiger partial charge in [0.05, 0.1) is 12.0 Å². The largest absolute Gasteiger partial charge is 0.481 e. The lowest BCUT2D eigenvalue weighted by atomic mass is 9.95. The first-order valence-electron chi connectivity index (χ1n) is 4.75. The number of rotatable bonds is 2. The maximum atomic E-state index is 11.0. The van der Waals surface area contributed by atoms with Crippen molar-refractivity contribution in [1.29, 1.82) is 0 Å². The minimum absolute atomic E-state index is 0.311. The van der Waals surface area contributed by atoms with Gasteiger partial charge in [-0.2, -0.15) is 0 Å². The van der Waals surface area contributed by atoms with Crippen molar-refractivity contribution in [2.45, 2.75) is 6.04 Å². The number of hydrazine groups is 1. The highest BCUT2D eigenvalue weighted by Gasteiger charge is 2.34. The van der Waals surface area contributed by atoms with E-state index in [2.05, 4.69) is 10.9 Å². The Labute approximate surface area is 103 Å². The first kappa shape index (κ1) is 11.7. The Balaban J connectivity index is 2.32. The molecule has 0 spiro atoms. The molecule has 1 heterocycles. The van der Waals surface area contributed by atoms with Crippen LogP contribution in [0.1, 0.15) is 11.6 Å². The SMILES string of the molecule is O=C(O)C1CNNC1c1cc(Cl)cc(Cl)c1. The third-order valence-corrected chi connectivity index (χ3v) is 2.98. The van der Waals surface area contributed by atoms with Crippen LogP contribution in [0.3, 0.4) is 0 Å². The number of carbonyl (C=O) groups is 1. The fourth-order valence-electron chi connectivity index (χ4n) is 1.80. The van der Waals surface area contributed by atoms with Gasteiger partial charge in [0.15, 0.2) is 0 Å². The molecule has 1 saturated heterocycles. The molecule has 0 aliphatic carbocycles. The van der Waals surface area contributed by atoms with E-state index in [-0.39, 0.29) is 6.04 Å². The molecule has 0 amide bonds. The van der Waals surface area contributed by atoms with E-state index >= 15 is 0 Å². The first-order valence-corrected chi connectivity index (χ1v) is 5.50. The number of benzene rings is 1. The fraction of sp³-hybridized carbons (Fsp3) is 0.300. The predicted molar refractivity (Wildman–Crippen MR) is 61.5 cm³/mol. The molecule has 1 aromatic rings. The number of carboxylic acids is 1. The molecule has 0 radical (unpaired) electrons. The van der Waals surface area contributed by atoms with Crippen LogP contribution in [0.4, 0.5) is 0 Å². The lowest BCUT2D eigenvalue weighted by Crippen LogP contribution is -2.26. The zero-order chi connectivity index (χ0) is 11.7. The molecule has 2 rings (SSSR count). The van der Waals surface area contributed by atoms with Crippen molar-refractivity contribution in [2.75, 3.05) is 6.54 Å². The average Bonchev–Trinajstić information content (AvgIpc) is 2.63. The summed E-state index contributed by atoms with van der Waals surface area (Å²) in [6.07, 6.45) is 0. The van der Waals surface area contributed by atoms with Crippen molar-refractivity contribution in [3.63, 3.8) is 0 Å². The highest BCUT2D eigenvalue weighted by Crippen LogP contribution is 2.29. The second-order valence-electron chi connectivity index (χ2n) is 3.65. The van der Waals surface area contributed by atoms with Crippen molar-refractivity contribution in [1.82, 2.24) is 10.9 Å². The van der Waals surface area contributed by atoms with Crippen LogP contribution in [0.2, 0.25) is 10.0 Å². The summed E-state index contributed by atoms with van der Waals surface area (Å²) in [5.74, 6) is -1.37. The van der Waals surface area contributed by atoms with Gasteiger partial charge in [0.25, 0.3) is 0 Å². The summed E-state index contributed by atoms with van der Waals surface area (Å²) in [4.78, 5) is 11.0. The van der Waals surface area contributed by atoms with Crippen LogP contribution < -0.4 is 10.9 Å². The van der Waals surface area contributed by atoms with Crippen molar-refractivity contribution >= 4 is 29.2 Å². The third kappa shape index (κ3) is 2.30. The third-order valence-electron chi connectivity index (χ3n) is 2.54. The molecule has 86 valence electrons. The van der Waals surface area contributed by atoms with Crippen LogP contribution >= 0.6 is 23.2 Å². The highest BCUT2D eigenvalue weighted by molar-refractivity contribution is 6.34. The van der Waals surface area contributed by atoms with Crippen LogP contribution in [0, 0.1) is 5.92 Å². The molecule has 4 nitrogen and oxygen atoms in total. The van der Waals surface area contributed by atoms with Gasteiger partial charge in [-0.15, -0.1) is 0 Å². The summed E-state index contributed by atoms with van der Waals surface area (Å²) in [6.45, 7) is 0.379. The Hall–Kier alpha value is -0.810. The number of hydrogen-bond acceptors (Lipinski definition) is 3. The van der Waals surface area contributed by atoms with Gasteiger partial charge in [0.2, 0.25) is 0 Å². The maximum absolute atomic E-state index is 11.0. The number of halogens is 2. The van der Waals surface area contributed by atoms with Crippen LogP contribution in [-0.4, -0.2) is 17.6 Å². The standard InChI is InChI=1S/C10H10Cl2N2O2/c11-6-1-5(2-7(12)3-6)9-8(10(15)16)4-13-14-9/h1-3,8-9,13-14H,4H2,(H,15,16). The number of carboxylic acid groups (broad SMARTS) is 1. The Kier molecular flexibility index (Phi) is 3.35. The lowest BCUT2D eigenvalue weighted by molar-refractivity contribution is -0.141. The van der Waals surface area contributed by atoms with Crippen LogP contribution in [-0.2, 0) is 4.79 Å². The zero-order valence-electron chi connectivity index (χ0n) is 8.21. The van der Waals surface area contributed by atoms with Gasteiger partial charge in [-0.05, 0) is 23.8 Å². The molecule has 16 heavy (non-hydrogen) atoms. The molecule has 1 fully saturated rings. The summed E-state index contributed by atoms with van der Waals surface area (Å²) in [7, 11) is 0. The molecule has 2 unspecified atom stereocenters. The number of hydrogen-bond donors (Lipinski definition) is 3. The second kappa shape index (κ2) is 4.59. The molecule has 0 bridgehead atoms. The lowest BCUT2D eigenvalue weighted by Gasteiger charge is -2.15. The Morgan fingerprint density at radius 3 is 2.50 bits per heavy atom. The van der Waals surface area contributed by atoms with Gasteiger partial charge in [-0.25, -0.2) is 5.43 Å². The summed E-state index contributed by atoms with van der Waals surface area (Å²) in [5.41, 5.74) is 6.51. The van der Waals surface area contributed by atoms with Gasteiger partial charge in [0, 0.05) is 16.6 Å². The summed E-state index contributed by atoms with van der Waals surface area (Å²) < 4.78 is 0.